The van der Waals surface area contributed by atoms with E-state index in [0.717, 1.165) is 16.3 Å². The van der Waals surface area contributed by atoms with Crippen molar-refractivity contribution in [1.82, 2.24) is 9.80 Å². The third-order valence-corrected chi connectivity index (χ3v) is 8.29. The molecular formula is C31H34ClN2O5+. The maximum atomic E-state index is 14.6. The Hall–Kier alpha value is -3.10. The van der Waals surface area contributed by atoms with E-state index in [2.05, 4.69) is 5.32 Å². The van der Waals surface area contributed by atoms with Crippen LogP contribution in [0, 0.1) is 11.3 Å². The van der Waals surface area contributed by atoms with E-state index in [1.54, 1.807) is 18.2 Å². The summed E-state index contributed by atoms with van der Waals surface area (Å²) < 4.78 is 5.82. The number of hydrogen-bond donors (Lipinski definition) is 2. The van der Waals surface area contributed by atoms with Gasteiger partial charge in [-0.25, -0.2) is 9.59 Å². The molecule has 1 unspecified atom stereocenters. The Morgan fingerprint density at radius 1 is 1.10 bits per heavy atom. The number of aliphatic carboxylic acids is 1. The molecule has 2 aliphatic heterocycles. The fourth-order valence-electron chi connectivity index (χ4n) is 6.73. The number of ketones is 1. The lowest BCUT2D eigenvalue weighted by Crippen LogP contribution is -2.81. The molecule has 8 heteroatoms. The van der Waals surface area contributed by atoms with Gasteiger partial charge in [0.2, 0.25) is 0 Å². The Morgan fingerprint density at radius 2 is 1.82 bits per heavy atom. The van der Waals surface area contributed by atoms with E-state index in [9.17, 15) is 19.5 Å². The van der Waals surface area contributed by atoms with Gasteiger partial charge >= 0.3 is 11.9 Å². The molecule has 7 nitrogen and oxygen atoms in total. The number of nitrogens with zero attached hydrogens (tertiary/aromatic N) is 1. The van der Waals surface area contributed by atoms with E-state index < -0.39 is 39.5 Å². The van der Waals surface area contributed by atoms with Gasteiger partial charge in [0, 0.05) is 28.6 Å². The summed E-state index contributed by atoms with van der Waals surface area (Å²) >= 11 is 6.57. The van der Waals surface area contributed by atoms with Gasteiger partial charge in [-0.05, 0) is 41.8 Å². The van der Waals surface area contributed by atoms with Crippen molar-refractivity contribution in [3.63, 3.8) is 0 Å². The quantitative estimate of drug-likeness (QED) is 0.410. The van der Waals surface area contributed by atoms with Crippen LogP contribution in [0.25, 0.3) is 10.8 Å². The van der Waals surface area contributed by atoms with Crippen LogP contribution >= 0.6 is 11.6 Å². The Balaban J connectivity index is 1.88. The van der Waals surface area contributed by atoms with Crippen molar-refractivity contribution in [1.29, 1.82) is 0 Å². The zero-order valence-corrected chi connectivity index (χ0v) is 23.4. The second-order valence-electron chi connectivity index (χ2n) is 11.8. The van der Waals surface area contributed by atoms with Gasteiger partial charge in [-0.3, -0.25) is 10.1 Å². The highest BCUT2D eigenvalue weighted by Crippen LogP contribution is 2.50. The predicted molar refractivity (Wildman–Crippen MR) is 151 cm³/mol. The fraction of sp³-hybridized carbons (Fsp3) is 0.387. The summed E-state index contributed by atoms with van der Waals surface area (Å²) in [5, 5.41) is 16.6. The number of nitrogens with one attached hydrogen (secondary N) is 1. The first kappa shape index (κ1) is 27.5. The Labute approximate surface area is 233 Å². The molecule has 2 aliphatic rings. The number of ether oxygens (including phenoxy) is 1. The molecule has 2 N–H and O–H groups in total. The molecule has 0 radical (unpaired) electrons. The van der Waals surface area contributed by atoms with Crippen LogP contribution in [-0.2, 0) is 19.1 Å². The fourth-order valence-corrected chi connectivity index (χ4v) is 6.91. The zero-order valence-electron chi connectivity index (χ0n) is 22.7. The number of hydrogen-bond acceptors (Lipinski definition) is 5. The van der Waals surface area contributed by atoms with E-state index in [4.69, 9.17) is 16.3 Å². The Kier molecular flexibility index (Phi) is 6.92. The molecule has 0 aromatic heterocycles. The molecule has 204 valence electrons. The van der Waals surface area contributed by atoms with Crippen molar-refractivity contribution in [3.05, 3.63) is 76.8 Å². The maximum absolute atomic E-state index is 14.6. The molecule has 2 heterocycles. The number of rotatable bonds is 5. The monoisotopic (exact) mass is 549 g/mol. The number of quaternary nitrogens is 1. The van der Waals surface area contributed by atoms with Crippen LogP contribution in [0.3, 0.4) is 0 Å². The second kappa shape index (κ2) is 9.82. The van der Waals surface area contributed by atoms with Crippen LogP contribution in [0.2, 0.25) is 5.02 Å². The van der Waals surface area contributed by atoms with Gasteiger partial charge in [0.25, 0.3) is 5.66 Å². The number of fused-ring (bicyclic) bond motifs is 2. The van der Waals surface area contributed by atoms with Crippen LogP contribution in [0.1, 0.15) is 51.3 Å². The molecular weight excluding hydrogens is 516 g/mol. The van der Waals surface area contributed by atoms with E-state index in [1.165, 1.54) is 6.92 Å². The van der Waals surface area contributed by atoms with E-state index in [-0.39, 0.29) is 18.9 Å². The Bertz CT molecular complexity index is 1480. The molecule has 1 saturated heterocycles. The standard InChI is InChI=1S/C31H33ClN2O5/c1-19(35)25-14-15-33-31(25,29(37)38)34(18-30(2,3)4)26-13-12-21(32)16-24(26)28(39-17-27(34)36)23-11-7-9-20-8-5-6-10-22(20)23/h5-13,16,25,28,33H,14-15,17-18H2,1-4H3/p+1/t25-,28?,31+,34+/m1/s1. The predicted octanol–water partition coefficient (Wildman–Crippen LogP) is 5.47. The van der Waals surface area contributed by atoms with Gasteiger partial charge < -0.3 is 9.84 Å². The highest BCUT2D eigenvalue weighted by Gasteiger charge is 2.71. The number of benzene rings is 3. The molecule has 0 spiro atoms. The number of carbonyl (C=O) groups excluding carboxylic acids is 2. The minimum atomic E-state index is -1.91. The molecule has 39 heavy (non-hydrogen) atoms. The molecule has 3 aromatic carbocycles. The van der Waals surface area contributed by atoms with Crippen LogP contribution in [-0.4, -0.2) is 48.1 Å². The van der Waals surface area contributed by atoms with Gasteiger partial charge in [0.1, 0.15) is 23.5 Å². The number of carboxylic acids is 1. The van der Waals surface area contributed by atoms with Crippen LogP contribution in [0.15, 0.2) is 60.7 Å². The summed E-state index contributed by atoms with van der Waals surface area (Å²) in [5.74, 6) is -2.84. The lowest BCUT2D eigenvalue weighted by atomic mass is 9.81. The van der Waals surface area contributed by atoms with Gasteiger partial charge in [-0.2, -0.15) is 4.48 Å². The minimum absolute atomic E-state index is 0.134. The summed E-state index contributed by atoms with van der Waals surface area (Å²) in [5.41, 5.74) is -0.453. The third-order valence-electron chi connectivity index (χ3n) is 8.05. The normalized spacial score (nSPS) is 27.3. The number of halogens is 1. The topological polar surface area (TPSA) is 92.7 Å². The van der Waals surface area contributed by atoms with Crippen molar-refractivity contribution in [2.24, 2.45) is 11.3 Å². The summed E-state index contributed by atoms with van der Waals surface area (Å²) in [6.45, 7) is 7.41. The van der Waals surface area contributed by atoms with Crippen molar-refractivity contribution in [2.75, 3.05) is 19.7 Å². The average Bonchev–Trinajstić information content (AvgIpc) is 3.30. The molecule has 5 rings (SSSR count). The first-order valence-corrected chi connectivity index (χ1v) is 13.6. The van der Waals surface area contributed by atoms with E-state index in [1.807, 2.05) is 63.2 Å². The summed E-state index contributed by atoms with van der Waals surface area (Å²) in [4.78, 5) is 41.0. The Morgan fingerprint density at radius 3 is 2.51 bits per heavy atom. The van der Waals surface area contributed by atoms with E-state index >= 15 is 0 Å². The lowest BCUT2D eigenvalue weighted by Gasteiger charge is -2.50. The van der Waals surface area contributed by atoms with Crippen molar-refractivity contribution in [2.45, 2.75) is 45.9 Å². The van der Waals surface area contributed by atoms with Crippen molar-refractivity contribution in [3.8, 4) is 0 Å². The van der Waals surface area contributed by atoms with Gasteiger partial charge in [0.05, 0.1) is 6.54 Å². The van der Waals surface area contributed by atoms with Crippen molar-refractivity contribution >= 4 is 45.7 Å². The van der Waals surface area contributed by atoms with Crippen LogP contribution in [0.4, 0.5) is 5.69 Å². The van der Waals surface area contributed by atoms with Gasteiger partial charge in [-0.15, -0.1) is 0 Å². The van der Waals surface area contributed by atoms with Crippen LogP contribution < -0.4 is 9.80 Å². The van der Waals surface area contributed by atoms with Crippen LogP contribution in [0.5, 0.6) is 0 Å². The summed E-state index contributed by atoms with van der Waals surface area (Å²) in [6, 6.07) is 19.0. The maximum Gasteiger partial charge on any atom is 0.384 e. The number of amides is 1. The van der Waals surface area contributed by atoms with Gasteiger partial charge in [0.15, 0.2) is 6.61 Å². The molecule has 0 saturated carbocycles. The summed E-state index contributed by atoms with van der Waals surface area (Å²) in [7, 11) is 0. The summed E-state index contributed by atoms with van der Waals surface area (Å²) in [6.07, 6.45) is -0.369. The highest BCUT2D eigenvalue weighted by atomic mass is 35.5. The average molecular weight is 550 g/mol. The first-order chi connectivity index (χ1) is 18.4. The smallest absolute Gasteiger partial charge is 0.384 e. The molecule has 3 aromatic rings. The third kappa shape index (κ3) is 4.28. The molecule has 0 aliphatic carbocycles. The molecule has 4 atom stereocenters. The molecule has 0 bridgehead atoms. The second-order valence-corrected chi connectivity index (χ2v) is 12.3. The number of carbonyl (C=O) groups is 3. The molecule has 1 fully saturated rings. The first-order valence-electron chi connectivity index (χ1n) is 13.2. The van der Waals surface area contributed by atoms with Crippen molar-refractivity contribution < 1.29 is 24.2 Å². The highest BCUT2D eigenvalue weighted by molar-refractivity contribution is 6.30. The largest absolute Gasteiger partial charge is 0.475 e. The van der Waals surface area contributed by atoms with Gasteiger partial charge in [-0.1, -0.05) is 74.8 Å². The lowest BCUT2D eigenvalue weighted by molar-refractivity contribution is -0.168. The SMILES string of the molecule is CC(=O)[C@H]1CCN[C@]1(C(=O)O)[N@+]1(CC(C)(C)C)C(=O)COC(c2cccc3ccccc23)c2cc(Cl)ccc21. The molecule has 1 amide bonds. The van der Waals surface area contributed by atoms with E-state index in [0.29, 0.717) is 29.2 Å². The number of carboxylic acid groups (broad SMARTS) is 1. The minimum Gasteiger partial charge on any atom is -0.475 e. The number of Topliss-reactive ketones (excluding diaryl/α,β-unsaturated/α-hetero) is 1. The zero-order chi connectivity index (χ0) is 28.2.